The summed E-state index contributed by atoms with van der Waals surface area (Å²) in [6, 6.07) is 12.6. The molecule has 0 spiro atoms. The topological polar surface area (TPSA) is 84.5 Å². The average Bonchev–Trinajstić information content (AvgIpc) is 2.89. The second-order valence-electron chi connectivity index (χ2n) is 8.83. The van der Waals surface area contributed by atoms with Crippen molar-refractivity contribution in [3.05, 3.63) is 98.6 Å². The van der Waals surface area contributed by atoms with Gasteiger partial charge < -0.3 is 19.4 Å². The summed E-state index contributed by atoms with van der Waals surface area (Å²) in [4.78, 5) is 36.1. The first kappa shape index (κ1) is 22.7. The van der Waals surface area contributed by atoms with Crippen LogP contribution in [0.5, 0.6) is 11.5 Å². The molecule has 0 saturated carbocycles. The van der Waals surface area contributed by atoms with E-state index in [1.165, 1.54) is 0 Å². The van der Waals surface area contributed by atoms with Gasteiger partial charge in [0.1, 0.15) is 0 Å². The van der Waals surface area contributed by atoms with E-state index in [0.29, 0.717) is 35.6 Å². The van der Waals surface area contributed by atoms with Gasteiger partial charge in [-0.1, -0.05) is 12.1 Å². The summed E-state index contributed by atoms with van der Waals surface area (Å²) in [7, 11) is 3.18. The van der Waals surface area contributed by atoms with E-state index in [4.69, 9.17) is 9.47 Å². The van der Waals surface area contributed by atoms with Crippen molar-refractivity contribution in [2.75, 3.05) is 20.8 Å². The fraction of sp³-hybridized carbons (Fsp3) is 0.250. The minimum atomic E-state index is -0.590. The lowest BCUT2D eigenvalue weighted by atomic mass is 9.87. The van der Waals surface area contributed by atoms with Crippen molar-refractivity contribution in [1.29, 1.82) is 0 Å². The van der Waals surface area contributed by atoms with Crippen LogP contribution >= 0.6 is 0 Å². The molecular formula is C28H27N3O4. The van der Waals surface area contributed by atoms with Crippen LogP contribution < -0.4 is 15.0 Å². The molecule has 1 N–H and O–H groups in total. The fourth-order valence-corrected chi connectivity index (χ4v) is 4.95. The number of methoxy groups -OCH3 is 2. The number of hydrogen-bond donors (Lipinski definition) is 1. The van der Waals surface area contributed by atoms with Crippen LogP contribution in [0.3, 0.4) is 0 Å². The van der Waals surface area contributed by atoms with Crippen LogP contribution in [0.15, 0.2) is 59.7 Å². The number of aromatic amines is 1. The Morgan fingerprint density at radius 3 is 2.37 bits per heavy atom. The molecule has 7 nitrogen and oxygen atoms in total. The predicted octanol–water partition coefficient (Wildman–Crippen LogP) is 4.35. The minimum absolute atomic E-state index is 0.154. The number of carbonyl (C=O) groups is 1. The highest BCUT2D eigenvalue weighted by atomic mass is 16.5. The Kier molecular flexibility index (Phi) is 5.76. The molecule has 0 radical (unpaired) electrons. The van der Waals surface area contributed by atoms with E-state index in [1.54, 1.807) is 43.6 Å². The van der Waals surface area contributed by atoms with Gasteiger partial charge in [-0.25, -0.2) is 0 Å². The van der Waals surface area contributed by atoms with Crippen molar-refractivity contribution in [1.82, 2.24) is 14.9 Å². The number of H-pyrrole nitrogens is 1. The molecule has 0 bridgehead atoms. The minimum Gasteiger partial charge on any atom is -0.493 e. The standard InChI is InChI=1S/C28H27N3O4/c1-16-5-6-17(2)25-20(16)14-22(27(32)30-25)26-21-15-24(35-4)23(34-3)13-19(21)9-12-31(26)28(33)18-7-10-29-11-8-18/h5-8,10-11,13-15,26H,9,12H2,1-4H3,(H,30,32)/t26-/m1/s1. The Balaban J connectivity index is 1.77. The molecule has 2 aromatic carbocycles. The van der Waals surface area contributed by atoms with Gasteiger partial charge in [0, 0.05) is 35.5 Å². The number of carbonyl (C=O) groups excluding carboxylic acids is 1. The molecule has 7 heteroatoms. The lowest BCUT2D eigenvalue weighted by molar-refractivity contribution is 0.0693. The summed E-state index contributed by atoms with van der Waals surface area (Å²) >= 11 is 0. The molecule has 0 saturated heterocycles. The van der Waals surface area contributed by atoms with Gasteiger partial charge in [0.15, 0.2) is 11.5 Å². The zero-order valence-corrected chi connectivity index (χ0v) is 20.2. The molecule has 1 aliphatic rings. The number of rotatable bonds is 4. The predicted molar refractivity (Wildman–Crippen MR) is 134 cm³/mol. The van der Waals surface area contributed by atoms with E-state index in [0.717, 1.165) is 33.2 Å². The largest absolute Gasteiger partial charge is 0.493 e. The maximum absolute atomic E-state index is 13.7. The number of nitrogens with zero attached hydrogens (tertiary/aromatic N) is 2. The number of pyridine rings is 2. The molecular weight excluding hydrogens is 442 g/mol. The van der Waals surface area contributed by atoms with E-state index in [1.807, 2.05) is 44.2 Å². The van der Waals surface area contributed by atoms with E-state index >= 15 is 0 Å². The quantitative estimate of drug-likeness (QED) is 0.481. The van der Waals surface area contributed by atoms with Crippen molar-refractivity contribution in [2.24, 2.45) is 0 Å². The Morgan fingerprint density at radius 2 is 1.66 bits per heavy atom. The lowest BCUT2D eigenvalue weighted by Gasteiger charge is -2.38. The van der Waals surface area contributed by atoms with Gasteiger partial charge >= 0.3 is 0 Å². The number of amides is 1. The molecule has 1 atom stereocenters. The number of aryl methyl sites for hydroxylation is 2. The van der Waals surface area contributed by atoms with Gasteiger partial charge in [-0.15, -0.1) is 0 Å². The maximum atomic E-state index is 13.7. The molecule has 35 heavy (non-hydrogen) atoms. The van der Waals surface area contributed by atoms with Crippen LogP contribution in [0, 0.1) is 13.8 Å². The van der Waals surface area contributed by atoms with Crippen molar-refractivity contribution >= 4 is 16.8 Å². The normalized spacial score (nSPS) is 15.1. The first-order valence-corrected chi connectivity index (χ1v) is 11.5. The van der Waals surface area contributed by atoms with Crippen molar-refractivity contribution in [2.45, 2.75) is 26.3 Å². The van der Waals surface area contributed by atoms with Gasteiger partial charge in [-0.05, 0) is 72.9 Å². The van der Waals surface area contributed by atoms with Gasteiger partial charge in [0.25, 0.3) is 11.5 Å². The number of fused-ring (bicyclic) bond motifs is 2. The van der Waals surface area contributed by atoms with Gasteiger partial charge in [0.2, 0.25) is 0 Å². The number of nitrogens with one attached hydrogen (secondary N) is 1. The van der Waals surface area contributed by atoms with Crippen LogP contribution in [0.4, 0.5) is 0 Å². The van der Waals surface area contributed by atoms with Crippen LogP contribution in [-0.2, 0) is 6.42 Å². The van der Waals surface area contributed by atoms with Crippen molar-refractivity contribution in [3.8, 4) is 11.5 Å². The van der Waals surface area contributed by atoms with Crippen LogP contribution in [0.25, 0.3) is 10.9 Å². The second kappa shape index (κ2) is 8.91. The molecule has 0 fully saturated rings. The van der Waals surface area contributed by atoms with E-state index < -0.39 is 6.04 Å². The molecule has 1 aliphatic heterocycles. The molecule has 0 unspecified atom stereocenters. The average molecular weight is 470 g/mol. The van der Waals surface area contributed by atoms with Crippen LogP contribution in [0.1, 0.15) is 44.2 Å². The zero-order valence-electron chi connectivity index (χ0n) is 20.2. The van der Waals surface area contributed by atoms with E-state index in [9.17, 15) is 9.59 Å². The second-order valence-corrected chi connectivity index (χ2v) is 8.83. The summed E-state index contributed by atoms with van der Waals surface area (Å²) in [6.07, 6.45) is 3.83. The fourth-order valence-electron chi connectivity index (χ4n) is 4.95. The first-order chi connectivity index (χ1) is 16.9. The molecule has 2 aromatic heterocycles. The van der Waals surface area contributed by atoms with Gasteiger partial charge in [-0.2, -0.15) is 0 Å². The van der Waals surface area contributed by atoms with E-state index in [-0.39, 0.29) is 11.5 Å². The zero-order chi connectivity index (χ0) is 24.7. The van der Waals surface area contributed by atoms with Crippen LogP contribution in [0.2, 0.25) is 0 Å². The highest BCUT2D eigenvalue weighted by molar-refractivity contribution is 5.95. The monoisotopic (exact) mass is 469 g/mol. The Labute approximate surface area is 203 Å². The lowest BCUT2D eigenvalue weighted by Crippen LogP contribution is -2.42. The summed E-state index contributed by atoms with van der Waals surface area (Å²) in [6.45, 7) is 4.45. The number of hydrogen-bond acceptors (Lipinski definition) is 5. The van der Waals surface area contributed by atoms with Gasteiger partial charge in [-0.3, -0.25) is 14.6 Å². The number of benzene rings is 2. The van der Waals surface area contributed by atoms with Crippen molar-refractivity contribution in [3.63, 3.8) is 0 Å². The van der Waals surface area contributed by atoms with E-state index in [2.05, 4.69) is 9.97 Å². The molecule has 5 rings (SSSR count). The SMILES string of the molecule is COc1cc2c(cc1OC)[C@H](c1cc3c(C)ccc(C)c3[nH]c1=O)N(C(=O)c1ccncc1)CC2. The van der Waals surface area contributed by atoms with Crippen molar-refractivity contribution < 1.29 is 14.3 Å². The Hall–Kier alpha value is -4.13. The smallest absolute Gasteiger partial charge is 0.254 e. The molecule has 0 aliphatic carbocycles. The number of ether oxygens (including phenoxy) is 2. The van der Waals surface area contributed by atoms with Crippen LogP contribution in [-0.4, -0.2) is 41.5 Å². The molecule has 178 valence electrons. The highest BCUT2D eigenvalue weighted by Crippen LogP contribution is 2.41. The summed E-state index contributed by atoms with van der Waals surface area (Å²) in [5.74, 6) is 1.02. The summed E-state index contributed by atoms with van der Waals surface area (Å²) < 4.78 is 11.1. The summed E-state index contributed by atoms with van der Waals surface area (Å²) in [5.41, 5.74) is 5.56. The Morgan fingerprint density at radius 1 is 0.971 bits per heavy atom. The molecule has 3 heterocycles. The summed E-state index contributed by atoms with van der Waals surface area (Å²) in [5, 5.41) is 0.962. The molecule has 4 aromatic rings. The molecule has 1 amide bonds. The number of aromatic nitrogens is 2. The third-order valence-corrected chi connectivity index (χ3v) is 6.83. The van der Waals surface area contributed by atoms with Gasteiger partial charge in [0.05, 0.1) is 25.8 Å². The highest BCUT2D eigenvalue weighted by Gasteiger charge is 2.35. The third kappa shape index (κ3) is 3.83. The first-order valence-electron chi connectivity index (χ1n) is 11.5. The third-order valence-electron chi connectivity index (χ3n) is 6.83. The Bertz CT molecular complexity index is 1490. The maximum Gasteiger partial charge on any atom is 0.254 e.